The summed E-state index contributed by atoms with van der Waals surface area (Å²) in [5.41, 5.74) is 2.15. The smallest absolute Gasteiger partial charge is 0.353 e. The van der Waals surface area contributed by atoms with Crippen LogP contribution < -0.4 is 4.90 Å². The van der Waals surface area contributed by atoms with E-state index in [-0.39, 0.29) is 10.8 Å². The van der Waals surface area contributed by atoms with Gasteiger partial charge in [-0.2, -0.15) is 13.2 Å². The second kappa shape index (κ2) is 8.74. The third-order valence-corrected chi connectivity index (χ3v) is 6.40. The van der Waals surface area contributed by atoms with Crippen LogP contribution in [0.4, 0.5) is 19.0 Å². The molecule has 0 bridgehead atoms. The number of benzene rings is 1. The molecule has 1 aliphatic rings. The Hall–Kier alpha value is -3.20. The summed E-state index contributed by atoms with van der Waals surface area (Å²) in [5, 5.41) is 0. The number of rotatable bonds is 4. The van der Waals surface area contributed by atoms with Gasteiger partial charge in [0, 0.05) is 42.8 Å². The van der Waals surface area contributed by atoms with Gasteiger partial charge in [0.05, 0.1) is 4.88 Å². The summed E-state index contributed by atoms with van der Waals surface area (Å²) in [6.45, 7) is 4.39. The number of ketones is 1. The molecule has 1 saturated heterocycles. The van der Waals surface area contributed by atoms with Crippen molar-refractivity contribution in [2.45, 2.75) is 13.1 Å². The number of aryl methyl sites for hydroxylation is 1. The molecule has 3 heterocycles. The lowest BCUT2D eigenvalue weighted by molar-refractivity contribution is -0.0882. The number of hydrogen-bond donors (Lipinski definition) is 0. The topological polar surface area (TPSA) is 53.5 Å². The molecule has 2 aromatic heterocycles. The highest BCUT2D eigenvalue weighted by Gasteiger charge is 2.40. The average Bonchev–Trinajstić information content (AvgIpc) is 3.28. The first-order chi connectivity index (χ1) is 15.2. The van der Waals surface area contributed by atoms with Crippen molar-refractivity contribution >= 4 is 28.8 Å². The van der Waals surface area contributed by atoms with Gasteiger partial charge in [0.2, 0.25) is 0 Å². The van der Waals surface area contributed by atoms with E-state index in [0.29, 0.717) is 42.2 Å². The zero-order valence-corrected chi connectivity index (χ0v) is 18.0. The van der Waals surface area contributed by atoms with E-state index in [4.69, 9.17) is 0 Å². The summed E-state index contributed by atoms with van der Waals surface area (Å²) < 4.78 is 38.0. The van der Waals surface area contributed by atoms with E-state index in [1.54, 1.807) is 29.2 Å². The summed E-state index contributed by atoms with van der Waals surface area (Å²) in [6, 6.07) is 13.4. The minimum absolute atomic E-state index is 0.133. The predicted molar refractivity (Wildman–Crippen MR) is 117 cm³/mol. The molecule has 9 heteroatoms. The summed E-state index contributed by atoms with van der Waals surface area (Å²) in [4.78, 5) is 32.9. The van der Waals surface area contributed by atoms with Crippen molar-refractivity contribution in [3.8, 4) is 10.4 Å². The molecule has 3 aromatic rings. The van der Waals surface area contributed by atoms with E-state index >= 15 is 0 Å². The number of anilines is 1. The SMILES string of the molecule is Cc1ccc(N2CCN(C(=O)c3cccc(-c4ccc(C(=O)C(F)(F)F)s4)c3)CC2)nc1. The molecular formula is C23H20F3N3O2S. The van der Waals surface area contributed by atoms with Crippen molar-refractivity contribution in [3.63, 3.8) is 0 Å². The van der Waals surface area contributed by atoms with Crippen LogP contribution in [-0.2, 0) is 0 Å². The number of carbonyl (C=O) groups is 2. The lowest BCUT2D eigenvalue weighted by Crippen LogP contribution is -2.49. The third kappa shape index (κ3) is 4.67. The van der Waals surface area contributed by atoms with Crippen molar-refractivity contribution in [1.29, 1.82) is 0 Å². The van der Waals surface area contributed by atoms with Crippen LogP contribution in [0.15, 0.2) is 54.7 Å². The number of carbonyl (C=O) groups excluding carboxylic acids is 2. The molecule has 166 valence electrons. The summed E-state index contributed by atoms with van der Waals surface area (Å²) in [7, 11) is 0. The molecule has 0 aliphatic carbocycles. The fourth-order valence-electron chi connectivity index (χ4n) is 3.53. The van der Waals surface area contributed by atoms with Gasteiger partial charge in [0.1, 0.15) is 5.82 Å². The highest BCUT2D eigenvalue weighted by Crippen LogP contribution is 2.32. The predicted octanol–water partition coefficient (Wildman–Crippen LogP) is 4.83. The van der Waals surface area contributed by atoms with Gasteiger partial charge in [-0.3, -0.25) is 9.59 Å². The fraction of sp³-hybridized carbons (Fsp3) is 0.261. The number of pyridine rings is 1. The first-order valence-electron chi connectivity index (χ1n) is 10.0. The van der Waals surface area contributed by atoms with Gasteiger partial charge in [-0.15, -0.1) is 11.3 Å². The first kappa shape index (κ1) is 22.0. The van der Waals surface area contributed by atoms with Gasteiger partial charge in [-0.25, -0.2) is 4.98 Å². The maximum atomic E-state index is 13.0. The van der Waals surface area contributed by atoms with E-state index in [1.165, 1.54) is 12.1 Å². The summed E-state index contributed by atoms with van der Waals surface area (Å²) >= 11 is 0.768. The monoisotopic (exact) mass is 459 g/mol. The molecule has 4 rings (SSSR count). The number of alkyl halides is 3. The second-order valence-corrected chi connectivity index (χ2v) is 8.63. The van der Waals surface area contributed by atoms with Crippen LogP contribution in [-0.4, -0.2) is 53.9 Å². The molecule has 0 spiro atoms. The lowest BCUT2D eigenvalue weighted by Gasteiger charge is -2.35. The van der Waals surface area contributed by atoms with Crippen LogP contribution in [0.3, 0.4) is 0 Å². The maximum absolute atomic E-state index is 13.0. The Morgan fingerprint density at radius 3 is 2.41 bits per heavy atom. The largest absolute Gasteiger partial charge is 0.455 e. The van der Waals surface area contributed by atoms with Crippen LogP contribution >= 0.6 is 11.3 Å². The number of halogens is 3. The van der Waals surface area contributed by atoms with E-state index in [1.807, 2.05) is 25.3 Å². The molecule has 0 N–H and O–H groups in total. The number of hydrogen-bond acceptors (Lipinski definition) is 5. The quantitative estimate of drug-likeness (QED) is 0.525. The van der Waals surface area contributed by atoms with E-state index in [0.717, 1.165) is 22.7 Å². The highest BCUT2D eigenvalue weighted by molar-refractivity contribution is 7.17. The molecule has 1 aromatic carbocycles. The van der Waals surface area contributed by atoms with Crippen LogP contribution in [0.1, 0.15) is 25.6 Å². The van der Waals surface area contributed by atoms with Crippen molar-refractivity contribution in [2.24, 2.45) is 0 Å². The highest BCUT2D eigenvalue weighted by atomic mass is 32.1. The van der Waals surface area contributed by atoms with Crippen molar-refractivity contribution in [2.75, 3.05) is 31.1 Å². The van der Waals surface area contributed by atoms with Crippen LogP contribution in [0.2, 0.25) is 0 Å². The van der Waals surface area contributed by atoms with Gasteiger partial charge >= 0.3 is 6.18 Å². The van der Waals surface area contributed by atoms with E-state index in [9.17, 15) is 22.8 Å². The first-order valence-corrected chi connectivity index (χ1v) is 10.8. The molecule has 1 amide bonds. The van der Waals surface area contributed by atoms with Crippen molar-refractivity contribution in [3.05, 3.63) is 70.7 Å². The van der Waals surface area contributed by atoms with Gasteiger partial charge in [0.15, 0.2) is 0 Å². The minimum atomic E-state index is -4.91. The molecule has 32 heavy (non-hydrogen) atoms. The molecule has 0 unspecified atom stereocenters. The van der Waals surface area contributed by atoms with Gasteiger partial charge in [0.25, 0.3) is 11.7 Å². The summed E-state index contributed by atoms with van der Waals surface area (Å²) in [5.74, 6) is -1.11. The zero-order valence-electron chi connectivity index (χ0n) is 17.2. The van der Waals surface area contributed by atoms with Gasteiger partial charge in [-0.1, -0.05) is 18.2 Å². The van der Waals surface area contributed by atoms with Gasteiger partial charge < -0.3 is 9.80 Å². The molecule has 5 nitrogen and oxygen atoms in total. The number of aromatic nitrogens is 1. The van der Waals surface area contributed by atoms with Crippen LogP contribution in [0.25, 0.3) is 10.4 Å². The Morgan fingerprint density at radius 2 is 1.75 bits per heavy atom. The lowest BCUT2D eigenvalue weighted by atomic mass is 10.1. The van der Waals surface area contributed by atoms with Gasteiger partial charge in [-0.05, 0) is 48.4 Å². The van der Waals surface area contributed by atoms with E-state index < -0.39 is 12.0 Å². The molecule has 0 atom stereocenters. The Balaban J connectivity index is 1.45. The Kier molecular flexibility index (Phi) is 6.01. The maximum Gasteiger partial charge on any atom is 0.455 e. The molecule has 0 saturated carbocycles. The normalized spacial score (nSPS) is 14.5. The minimum Gasteiger partial charge on any atom is -0.353 e. The number of piperazine rings is 1. The molecule has 1 aliphatic heterocycles. The van der Waals surface area contributed by atoms with Crippen LogP contribution in [0.5, 0.6) is 0 Å². The average molecular weight is 459 g/mol. The fourth-order valence-corrected chi connectivity index (χ4v) is 4.49. The Morgan fingerprint density at radius 1 is 1.00 bits per heavy atom. The molecule has 1 fully saturated rings. The Bertz CT molecular complexity index is 1130. The van der Waals surface area contributed by atoms with Crippen molar-refractivity contribution in [1.82, 2.24) is 9.88 Å². The molecule has 0 radical (unpaired) electrons. The van der Waals surface area contributed by atoms with E-state index in [2.05, 4.69) is 9.88 Å². The second-order valence-electron chi connectivity index (χ2n) is 7.54. The number of nitrogens with zero attached hydrogens (tertiary/aromatic N) is 3. The number of thiophene rings is 1. The molecular weight excluding hydrogens is 439 g/mol. The van der Waals surface area contributed by atoms with Crippen LogP contribution in [0, 0.1) is 6.92 Å². The third-order valence-electron chi connectivity index (χ3n) is 5.27. The van der Waals surface area contributed by atoms with Crippen molar-refractivity contribution < 1.29 is 22.8 Å². The zero-order chi connectivity index (χ0) is 22.9. The summed E-state index contributed by atoms with van der Waals surface area (Å²) in [6.07, 6.45) is -3.09. The number of Topliss-reactive ketones (excluding diaryl/α,β-unsaturated/α-hetero) is 1. The number of amides is 1. The Labute approximate surface area is 187 Å². The standard InChI is InChI=1S/C23H20F3N3O2S/c1-15-5-8-20(27-14-15)28-9-11-29(12-10-28)22(31)17-4-2-3-16(13-17)18-6-7-19(32-18)21(30)23(24,25)26/h2-8,13-14H,9-12H2,1H3.